The molecule has 0 amide bonds. The predicted molar refractivity (Wildman–Crippen MR) is 76.2 cm³/mol. The molecule has 0 aliphatic rings. The second-order valence-corrected chi connectivity index (χ2v) is 4.00. The average Bonchev–Trinajstić information content (AvgIpc) is 2.43. The smallest absolute Gasteiger partial charge is 0.310 e. The number of allylic oxidation sites excluding steroid dienone is 4. The maximum absolute atomic E-state index is 11.1. The molecule has 19 heavy (non-hydrogen) atoms. The molecule has 1 unspecified atom stereocenters. The van der Waals surface area contributed by atoms with Crippen molar-refractivity contribution in [2.24, 2.45) is 0 Å². The van der Waals surface area contributed by atoms with Gasteiger partial charge in [0, 0.05) is 5.56 Å². The highest BCUT2D eigenvalue weighted by Crippen LogP contribution is 2.28. The number of aliphatic carboxylic acids is 1. The normalized spacial score (nSPS) is 13.3. The standard InChI is InChI=1S/C16H18O3/c1-4-6-9-13(5-2)19-15-11-8-7-10-14(15)12(3)16(17)18/h4-12H,2H2,1,3H3,(H,17,18)/b6-4-,13-9+. The molecule has 0 aliphatic carbocycles. The molecule has 3 heteroatoms. The van der Waals surface area contributed by atoms with Crippen LogP contribution in [0.2, 0.25) is 0 Å². The van der Waals surface area contributed by atoms with E-state index in [2.05, 4.69) is 6.58 Å². The van der Waals surface area contributed by atoms with Gasteiger partial charge in [-0.2, -0.15) is 0 Å². The number of carboxylic acid groups (broad SMARTS) is 1. The largest absolute Gasteiger partial charge is 0.481 e. The average molecular weight is 258 g/mol. The molecular weight excluding hydrogens is 240 g/mol. The quantitative estimate of drug-likeness (QED) is 0.621. The Morgan fingerprint density at radius 2 is 2.11 bits per heavy atom. The lowest BCUT2D eigenvalue weighted by Crippen LogP contribution is -2.09. The molecule has 1 aromatic rings. The molecule has 0 bridgehead atoms. The molecule has 0 fully saturated rings. The summed E-state index contributed by atoms with van der Waals surface area (Å²) in [5, 5.41) is 9.09. The summed E-state index contributed by atoms with van der Waals surface area (Å²) in [7, 11) is 0. The van der Waals surface area contributed by atoms with Gasteiger partial charge in [0.25, 0.3) is 0 Å². The molecule has 100 valence electrons. The zero-order valence-electron chi connectivity index (χ0n) is 11.2. The van der Waals surface area contributed by atoms with Gasteiger partial charge >= 0.3 is 5.97 Å². The third-order valence-corrected chi connectivity index (χ3v) is 2.64. The second kappa shape index (κ2) is 7.21. The molecule has 0 saturated heterocycles. The number of hydrogen-bond acceptors (Lipinski definition) is 2. The SMILES string of the molecule is C=C/C(=C\C=C/C)Oc1ccccc1C(C)C(=O)O. The first-order valence-electron chi connectivity index (χ1n) is 6.05. The lowest BCUT2D eigenvalue weighted by atomic mass is 10.0. The van der Waals surface area contributed by atoms with Crippen LogP contribution in [0.4, 0.5) is 0 Å². The Morgan fingerprint density at radius 1 is 1.42 bits per heavy atom. The zero-order valence-corrected chi connectivity index (χ0v) is 11.2. The van der Waals surface area contributed by atoms with Gasteiger partial charge in [-0.3, -0.25) is 4.79 Å². The Hall–Kier alpha value is -2.29. The van der Waals surface area contributed by atoms with Crippen molar-refractivity contribution in [2.45, 2.75) is 19.8 Å². The Balaban J connectivity index is 3.07. The number of hydrogen-bond donors (Lipinski definition) is 1. The van der Waals surface area contributed by atoms with Gasteiger partial charge in [-0.05, 0) is 32.1 Å². The van der Waals surface area contributed by atoms with Crippen LogP contribution < -0.4 is 4.74 Å². The van der Waals surface area contributed by atoms with Gasteiger partial charge in [0.2, 0.25) is 0 Å². The van der Waals surface area contributed by atoms with Crippen molar-refractivity contribution in [1.29, 1.82) is 0 Å². The lowest BCUT2D eigenvalue weighted by Gasteiger charge is -2.14. The highest BCUT2D eigenvalue weighted by atomic mass is 16.5. The zero-order chi connectivity index (χ0) is 14.3. The van der Waals surface area contributed by atoms with Gasteiger partial charge in [0.15, 0.2) is 0 Å². The first kappa shape index (κ1) is 14.8. The Labute approximate surface area is 113 Å². The molecule has 0 aromatic heterocycles. The van der Waals surface area contributed by atoms with E-state index in [4.69, 9.17) is 9.84 Å². The van der Waals surface area contributed by atoms with Gasteiger partial charge in [-0.25, -0.2) is 0 Å². The van der Waals surface area contributed by atoms with Crippen LogP contribution in [0.5, 0.6) is 5.75 Å². The highest BCUT2D eigenvalue weighted by molar-refractivity contribution is 5.76. The van der Waals surface area contributed by atoms with Crippen LogP contribution in [0.25, 0.3) is 0 Å². The number of ether oxygens (including phenoxy) is 1. The summed E-state index contributed by atoms with van der Waals surface area (Å²) in [6, 6.07) is 7.11. The molecule has 3 nitrogen and oxygen atoms in total. The molecule has 0 radical (unpaired) electrons. The van der Waals surface area contributed by atoms with E-state index in [1.165, 1.54) is 0 Å². The van der Waals surface area contributed by atoms with E-state index in [1.54, 1.807) is 37.3 Å². The van der Waals surface area contributed by atoms with Crippen LogP contribution in [0.15, 0.2) is 60.9 Å². The molecule has 1 aromatic carbocycles. The molecular formula is C16H18O3. The lowest BCUT2D eigenvalue weighted by molar-refractivity contribution is -0.138. The Morgan fingerprint density at radius 3 is 2.68 bits per heavy atom. The highest BCUT2D eigenvalue weighted by Gasteiger charge is 2.18. The Kier molecular flexibility index (Phi) is 5.61. The maximum atomic E-state index is 11.1. The van der Waals surface area contributed by atoms with Gasteiger partial charge in [-0.1, -0.05) is 36.9 Å². The number of carbonyl (C=O) groups is 1. The first-order chi connectivity index (χ1) is 9.10. The molecule has 1 rings (SSSR count). The van der Waals surface area contributed by atoms with E-state index in [0.29, 0.717) is 17.1 Å². The fourth-order valence-electron chi connectivity index (χ4n) is 1.53. The molecule has 1 N–H and O–H groups in total. The summed E-state index contributed by atoms with van der Waals surface area (Å²) >= 11 is 0. The van der Waals surface area contributed by atoms with E-state index >= 15 is 0 Å². The predicted octanol–water partition coefficient (Wildman–Crippen LogP) is 3.90. The molecule has 1 atom stereocenters. The van der Waals surface area contributed by atoms with Crippen LogP contribution >= 0.6 is 0 Å². The summed E-state index contributed by atoms with van der Waals surface area (Å²) in [5.74, 6) is -0.395. The van der Waals surface area contributed by atoms with Crippen LogP contribution in [0.3, 0.4) is 0 Å². The fourth-order valence-corrected chi connectivity index (χ4v) is 1.53. The van der Waals surface area contributed by atoms with E-state index in [0.717, 1.165) is 0 Å². The van der Waals surface area contributed by atoms with Crippen molar-refractivity contribution >= 4 is 5.97 Å². The first-order valence-corrected chi connectivity index (χ1v) is 6.05. The fraction of sp³-hybridized carbons (Fsp3) is 0.188. The van der Waals surface area contributed by atoms with E-state index in [9.17, 15) is 4.79 Å². The molecule has 0 heterocycles. The van der Waals surface area contributed by atoms with Crippen molar-refractivity contribution in [3.8, 4) is 5.75 Å². The summed E-state index contributed by atoms with van der Waals surface area (Å²) in [5.41, 5.74) is 0.642. The summed E-state index contributed by atoms with van der Waals surface area (Å²) in [4.78, 5) is 11.1. The topological polar surface area (TPSA) is 46.5 Å². The number of rotatable bonds is 6. The monoisotopic (exact) mass is 258 g/mol. The van der Waals surface area contributed by atoms with Gasteiger partial charge in [-0.15, -0.1) is 0 Å². The number of para-hydroxylation sites is 1. The minimum absolute atomic E-state index is 0.535. The van der Waals surface area contributed by atoms with Gasteiger partial charge in [0.05, 0.1) is 5.92 Å². The van der Waals surface area contributed by atoms with Crippen molar-refractivity contribution < 1.29 is 14.6 Å². The Bertz CT molecular complexity index is 512. The van der Waals surface area contributed by atoms with Crippen LogP contribution in [0.1, 0.15) is 25.3 Å². The van der Waals surface area contributed by atoms with Gasteiger partial charge in [0.1, 0.15) is 11.5 Å². The summed E-state index contributed by atoms with van der Waals surface area (Å²) in [6.07, 6.45) is 7.07. The second-order valence-electron chi connectivity index (χ2n) is 4.00. The molecule has 0 spiro atoms. The minimum atomic E-state index is -0.881. The van der Waals surface area contributed by atoms with Crippen LogP contribution in [0, 0.1) is 0 Å². The van der Waals surface area contributed by atoms with Crippen molar-refractivity contribution in [3.05, 3.63) is 66.5 Å². The van der Waals surface area contributed by atoms with E-state index < -0.39 is 11.9 Å². The number of benzene rings is 1. The maximum Gasteiger partial charge on any atom is 0.310 e. The van der Waals surface area contributed by atoms with Crippen molar-refractivity contribution in [3.63, 3.8) is 0 Å². The van der Waals surface area contributed by atoms with Crippen molar-refractivity contribution in [1.82, 2.24) is 0 Å². The van der Waals surface area contributed by atoms with Gasteiger partial charge < -0.3 is 9.84 Å². The molecule has 0 aliphatic heterocycles. The van der Waals surface area contributed by atoms with Crippen molar-refractivity contribution in [2.75, 3.05) is 0 Å². The molecule has 0 saturated carbocycles. The third-order valence-electron chi connectivity index (χ3n) is 2.64. The third kappa shape index (κ3) is 4.14. The van der Waals surface area contributed by atoms with Crippen LogP contribution in [-0.4, -0.2) is 11.1 Å². The number of carboxylic acids is 1. The van der Waals surface area contributed by atoms with Crippen LogP contribution in [-0.2, 0) is 4.79 Å². The summed E-state index contributed by atoms with van der Waals surface area (Å²) in [6.45, 7) is 7.21. The van der Waals surface area contributed by atoms with E-state index in [1.807, 2.05) is 25.1 Å². The minimum Gasteiger partial charge on any atom is -0.481 e. The summed E-state index contributed by atoms with van der Waals surface area (Å²) < 4.78 is 5.70. The van der Waals surface area contributed by atoms with E-state index in [-0.39, 0.29) is 0 Å².